The van der Waals surface area contributed by atoms with Crippen LogP contribution in [0.1, 0.15) is 18.5 Å². The first kappa shape index (κ1) is 15.7. The Morgan fingerprint density at radius 3 is 2.91 bits per heavy atom. The molecule has 0 radical (unpaired) electrons. The van der Waals surface area contributed by atoms with E-state index < -0.39 is 16.4 Å². The molecule has 22 heavy (non-hydrogen) atoms. The Labute approximate surface area is 125 Å². The second-order valence-corrected chi connectivity index (χ2v) is 5.06. The first-order valence-electron chi connectivity index (χ1n) is 6.51. The maximum Gasteiger partial charge on any atom is 0.381 e. The molecule has 0 saturated carbocycles. The van der Waals surface area contributed by atoms with Crippen molar-refractivity contribution in [3.8, 4) is 0 Å². The Morgan fingerprint density at radius 1 is 1.64 bits per heavy atom. The molecule has 1 atom stereocenters. The zero-order valence-corrected chi connectivity index (χ0v) is 12.1. The Kier molecular flexibility index (Phi) is 4.27. The minimum atomic E-state index is -1.34. The normalized spacial score (nSPS) is 13.6. The molecule has 0 aliphatic heterocycles. The summed E-state index contributed by atoms with van der Waals surface area (Å²) in [5.41, 5.74) is -1.34. The van der Waals surface area contributed by atoms with Crippen LogP contribution in [-0.2, 0) is 16.9 Å². The van der Waals surface area contributed by atoms with Crippen molar-refractivity contribution in [3.63, 3.8) is 0 Å². The summed E-state index contributed by atoms with van der Waals surface area (Å²) in [5, 5.41) is 23.4. The summed E-state index contributed by atoms with van der Waals surface area (Å²) in [6.45, 7) is 2.91. The Hall–Kier alpha value is -2.68. The summed E-state index contributed by atoms with van der Waals surface area (Å²) < 4.78 is 6.48. The number of carbonyl (C=O) groups excluding carboxylic acids is 1. The molecule has 2 heterocycles. The van der Waals surface area contributed by atoms with E-state index in [2.05, 4.69) is 10.3 Å². The van der Waals surface area contributed by atoms with Gasteiger partial charge in [0.1, 0.15) is 24.1 Å². The van der Waals surface area contributed by atoms with E-state index in [0.29, 0.717) is 11.6 Å². The molecule has 9 nitrogen and oxygen atoms in total. The van der Waals surface area contributed by atoms with Crippen LogP contribution in [0.4, 0.5) is 5.82 Å². The highest BCUT2D eigenvalue weighted by molar-refractivity contribution is 5.75. The molecular weight excluding hydrogens is 292 g/mol. The van der Waals surface area contributed by atoms with Crippen LogP contribution in [0.3, 0.4) is 0 Å². The van der Waals surface area contributed by atoms with Gasteiger partial charge in [-0.1, -0.05) is 0 Å². The predicted molar refractivity (Wildman–Crippen MR) is 74.9 cm³/mol. The molecule has 0 fully saturated rings. The van der Waals surface area contributed by atoms with Gasteiger partial charge in [-0.05, 0) is 29.0 Å². The van der Waals surface area contributed by atoms with Gasteiger partial charge in [-0.3, -0.25) is 9.36 Å². The Bertz CT molecular complexity index is 675. The van der Waals surface area contributed by atoms with E-state index in [-0.39, 0.29) is 18.9 Å². The van der Waals surface area contributed by atoms with Crippen molar-refractivity contribution in [2.45, 2.75) is 26.0 Å². The number of imidazole rings is 1. The van der Waals surface area contributed by atoms with E-state index in [9.17, 15) is 20.0 Å². The van der Waals surface area contributed by atoms with Crippen LogP contribution in [-0.4, -0.2) is 32.0 Å². The minimum Gasteiger partial charge on any atom is -0.466 e. The number of nitrogens with zero attached hydrogens (tertiary/aromatic N) is 3. The molecule has 118 valence electrons. The SMILES string of the molecule is Cc1nc([N+](=O)[O-])cn1CC(=O)NCC(C)(O)c1ccco1. The first-order valence-corrected chi connectivity index (χ1v) is 6.51. The van der Waals surface area contributed by atoms with Crippen LogP contribution in [0.15, 0.2) is 29.0 Å². The largest absolute Gasteiger partial charge is 0.466 e. The second-order valence-electron chi connectivity index (χ2n) is 5.06. The predicted octanol–water partition coefficient (Wildman–Crippen LogP) is 0.717. The summed E-state index contributed by atoms with van der Waals surface area (Å²) in [6.07, 6.45) is 2.62. The molecule has 0 aliphatic rings. The number of furan rings is 1. The van der Waals surface area contributed by atoms with Crippen molar-refractivity contribution in [2.24, 2.45) is 0 Å². The van der Waals surface area contributed by atoms with Crippen molar-refractivity contribution in [1.29, 1.82) is 0 Å². The molecule has 0 aliphatic carbocycles. The molecule has 0 aromatic carbocycles. The summed E-state index contributed by atoms with van der Waals surface area (Å²) >= 11 is 0. The zero-order chi connectivity index (χ0) is 16.3. The molecule has 1 amide bonds. The smallest absolute Gasteiger partial charge is 0.381 e. The maximum atomic E-state index is 11.9. The number of rotatable bonds is 6. The fourth-order valence-corrected chi connectivity index (χ4v) is 1.89. The highest BCUT2D eigenvalue weighted by atomic mass is 16.6. The first-order chi connectivity index (χ1) is 10.3. The molecule has 1 unspecified atom stereocenters. The number of carbonyl (C=O) groups is 1. The van der Waals surface area contributed by atoms with Crippen LogP contribution in [0.2, 0.25) is 0 Å². The third kappa shape index (κ3) is 3.50. The van der Waals surface area contributed by atoms with Crippen molar-refractivity contribution in [1.82, 2.24) is 14.9 Å². The van der Waals surface area contributed by atoms with Gasteiger partial charge in [0.05, 0.1) is 12.8 Å². The van der Waals surface area contributed by atoms with Gasteiger partial charge in [0.25, 0.3) is 0 Å². The molecule has 0 saturated heterocycles. The average Bonchev–Trinajstić information content (AvgIpc) is 3.08. The van der Waals surface area contributed by atoms with Gasteiger partial charge in [0.15, 0.2) is 0 Å². The monoisotopic (exact) mass is 308 g/mol. The van der Waals surface area contributed by atoms with E-state index in [1.54, 1.807) is 19.1 Å². The molecule has 2 aromatic heterocycles. The van der Waals surface area contributed by atoms with Crippen molar-refractivity contribution >= 4 is 11.7 Å². The Balaban J connectivity index is 1.95. The number of nitro groups is 1. The molecular formula is C13H16N4O5. The van der Waals surface area contributed by atoms with Crippen molar-refractivity contribution in [2.75, 3.05) is 6.54 Å². The number of amides is 1. The Morgan fingerprint density at radius 2 is 2.36 bits per heavy atom. The molecule has 2 N–H and O–H groups in total. The van der Waals surface area contributed by atoms with Gasteiger partial charge in [0, 0.05) is 6.92 Å². The summed E-state index contributed by atoms with van der Waals surface area (Å²) in [7, 11) is 0. The number of nitrogens with one attached hydrogen (secondary N) is 1. The number of aryl methyl sites for hydroxylation is 1. The molecule has 2 aromatic rings. The lowest BCUT2D eigenvalue weighted by Crippen LogP contribution is -2.39. The number of hydrogen-bond donors (Lipinski definition) is 2. The van der Waals surface area contributed by atoms with Crippen molar-refractivity contribution < 1.29 is 19.2 Å². The minimum absolute atomic E-state index is 0.0464. The third-order valence-electron chi connectivity index (χ3n) is 3.15. The van der Waals surface area contributed by atoms with E-state index in [1.165, 1.54) is 24.0 Å². The molecule has 9 heteroatoms. The fraction of sp³-hybridized carbons (Fsp3) is 0.385. The highest BCUT2D eigenvalue weighted by Crippen LogP contribution is 2.19. The van der Waals surface area contributed by atoms with E-state index >= 15 is 0 Å². The van der Waals surface area contributed by atoms with E-state index in [0.717, 1.165) is 0 Å². The second kappa shape index (κ2) is 5.98. The number of aromatic nitrogens is 2. The number of aliphatic hydroxyl groups is 1. The molecule has 0 bridgehead atoms. The summed E-state index contributed by atoms with van der Waals surface area (Å²) in [4.78, 5) is 25.6. The summed E-state index contributed by atoms with van der Waals surface area (Å²) in [5.74, 6) is -0.0167. The van der Waals surface area contributed by atoms with Crippen molar-refractivity contribution in [3.05, 3.63) is 46.3 Å². The fourth-order valence-electron chi connectivity index (χ4n) is 1.89. The van der Waals surface area contributed by atoms with Crippen LogP contribution in [0.5, 0.6) is 0 Å². The third-order valence-corrected chi connectivity index (χ3v) is 3.15. The number of hydrogen-bond acceptors (Lipinski definition) is 6. The van der Waals surface area contributed by atoms with Crippen LogP contribution >= 0.6 is 0 Å². The quantitative estimate of drug-likeness (QED) is 0.598. The molecule has 2 rings (SSSR count). The van der Waals surface area contributed by atoms with Gasteiger partial charge < -0.3 is 25.0 Å². The lowest BCUT2D eigenvalue weighted by atomic mass is 10.0. The maximum absolute atomic E-state index is 11.9. The summed E-state index contributed by atoms with van der Waals surface area (Å²) in [6, 6.07) is 3.25. The van der Waals surface area contributed by atoms with Gasteiger partial charge in [-0.25, -0.2) is 0 Å². The highest BCUT2D eigenvalue weighted by Gasteiger charge is 2.27. The lowest BCUT2D eigenvalue weighted by molar-refractivity contribution is -0.389. The van der Waals surface area contributed by atoms with E-state index in [4.69, 9.17) is 4.42 Å². The van der Waals surface area contributed by atoms with Gasteiger partial charge in [0.2, 0.25) is 11.7 Å². The lowest BCUT2D eigenvalue weighted by Gasteiger charge is -2.21. The van der Waals surface area contributed by atoms with E-state index in [1.807, 2.05) is 0 Å². The van der Waals surface area contributed by atoms with Gasteiger partial charge >= 0.3 is 5.82 Å². The topological polar surface area (TPSA) is 123 Å². The van der Waals surface area contributed by atoms with Crippen LogP contribution in [0.25, 0.3) is 0 Å². The average molecular weight is 308 g/mol. The van der Waals surface area contributed by atoms with Crippen LogP contribution < -0.4 is 5.32 Å². The van der Waals surface area contributed by atoms with Crippen LogP contribution in [0, 0.1) is 17.0 Å². The standard InChI is InChI=1S/C13H16N4O5/c1-9-15-11(17(20)21)6-16(9)7-12(18)14-8-13(2,19)10-4-3-5-22-10/h3-6,19H,7-8H2,1-2H3,(H,14,18). The van der Waals surface area contributed by atoms with Gasteiger partial charge in [-0.15, -0.1) is 0 Å². The zero-order valence-electron chi connectivity index (χ0n) is 12.1. The molecule has 0 spiro atoms. The van der Waals surface area contributed by atoms with Gasteiger partial charge in [-0.2, -0.15) is 0 Å².